The predicted octanol–water partition coefficient (Wildman–Crippen LogP) is 3.01. The zero-order valence-electron chi connectivity index (χ0n) is 15.5. The van der Waals surface area contributed by atoms with Crippen molar-refractivity contribution in [1.29, 1.82) is 0 Å². The van der Waals surface area contributed by atoms with E-state index in [1.54, 1.807) is 36.4 Å². The van der Waals surface area contributed by atoms with E-state index in [-0.39, 0.29) is 21.9 Å². The number of hydrogen-bond donors (Lipinski definition) is 1. The molecule has 148 valence electrons. The molecule has 2 aliphatic heterocycles. The second-order valence-electron chi connectivity index (χ2n) is 7.47. The molecule has 7 nitrogen and oxygen atoms in total. The smallest absolute Gasteiger partial charge is 0.407 e. The second-order valence-corrected chi connectivity index (χ2v) is 9.42. The number of fused-ring (bicyclic) bond motifs is 3. The first-order valence-corrected chi connectivity index (χ1v) is 10.9. The van der Waals surface area contributed by atoms with Crippen LogP contribution in [-0.4, -0.2) is 54.7 Å². The summed E-state index contributed by atoms with van der Waals surface area (Å²) in [5.74, 6) is 0. The molecular formula is C21H19N3O4S. The Labute approximate surface area is 168 Å². The topological polar surface area (TPSA) is 90.8 Å². The van der Waals surface area contributed by atoms with Gasteiger partial charge in [-0.25, -0.2) is 13.2 Å². The van der Waals surface area contributed by atoms with E-state index in [1.807, 2.05) is 18.2 Å². The van der Waals surface area contributed by atoms with Gasteiger partial charge < -0.3 is 14.9 Å². The maximum absolute atomic E-state index is 12.9. The van der Waals surface area contributed by atoms with E-state index in [1.165, 1.54) is 11.1 Å². The molecule has 0 unspecified atom stereocenters. The molecule has 0 radical (unpaired) electrons. The van der Waals surface area contributed by atoms with Crippen LogP contribution in [0.4, 0.5) is 10.5 Å². The Morgan fingerprint density at radius 1 is 1.00 bits per heavy atom. The fourth-order valence-corrected chi connectivity index (χ4v) is 5.70. The zero-order chi connectivity index (χ0) is 20.2. The number of piperazine rings is 1. The Bertz CT molecular complexity index is 1210. The standard InChI is InChI=1S/C21H19N3O4S/c25-21(26)24-13-15-10-16(24)12-23(15)19-8-4-5-14-9-18(11-22-20(14)19)29(27,28)17-6-2-1-3-7-17/h1-9,11,15-16H,10,12-13H2,(H,25,26)/t15-,16-/m0/s1. The van der Waals surface area contributed by atoms with Crippen molar-refractivity contribution in [2.45, 2.75) is 28.3 Å². The van der Waals surface area contributed by atoms with E-state index >= 15 is 0 Å². The molecule has 0 aliphatic carbocycles. The molecule has 29 heavy (non-hydrogen) atoms. The van der Waals surface area contributed by atoms with Crippen LogP contribution in [0.5, 0.6) is 0 Å². The number of carboxylic acid groups (broad SMARTS) is 1. The summed E-state index contributed by atoms with van der Waals surface area (Å²) in [5, 5.41) is 10.1. The van der Waals surface area contributed by atoms with Gasteiger partial charge in [0.2, 0.25) is 9.84 Å². The summed E-state index contributed by atoms with van der Waals surface area (Å²) in [6.07, 6.45) is 1.35. The van der Waals surface area contributed by atoms with Crippen LogP contribution in [0.25, 0.3) is 10.9 Å². The summed E-state index contributed by atoms with van der Waals surface area (Å²) in [6, 6.07) is 15.8. The van der Waals surface area contributed by atoms with Crippen molar-refractivity contribution in [2.75, 3.05) is 18.0 Å². The molecule has 8 heteroatoms. The molecule has 1 aromatic heterocycles. The molecule has 1 N–H and O–H groups in total. The van der Waals surface area contributed by atoms with Gasteiger partial charge in [0, 0.05) is 30.7 Å². The predicted molar refractivity (Wildman–Crippen MR) is 108 cm³/mol. The van der Waals surface area contributed by atoms with Gasteiger partial charge in [0.25, 0.3) is 0 Å². The molecule has 3 heterocycles. The summed E-state index contributed by atoms with van der Waals surface area (Å²) in [5.41, 5.74) is 1.65. The molecule has 0 saturated carbocycles. The molecule has 2 atom stereocenters. The number of carbonyl (C=O) groups is 1. The molecular weight excluding hydrogens is 390 g/mol. The minimum atomic E-state index is -3.64. The van der Waals surface area contributed by atoms with Gasteiger partial charge in [-0.05, 0) is 30.7 Å². The first-order valence-electron chi connectivity index (χ1n) is 9.40. The second kappa shape index (κ2) is 6.45. The van der Waals surface area contributed by atoms with Crippen LogP contribution in [0.2, 0.25) is 0 Å². The van der Waals surface area contributed by atoms with Gasteiger partial charge in [-0.3, -0.25) is 4.98 Å². The van der Waals surface area contributed by atoms with Gasteiger partial charge in [-0.2, -0.15) is 0 Å². The van der Waals surface area contributed by atoms with Crippen LogP contribution in [0.3, 0.4) is 0 Å². The lowest BCUT2D eigenvalue weighted by Crippen LogP contribution is -2.48. The number of likely N-dealkylation sites (tertiary alicyclic amines) is 1. The Kier molecular flexibility index (Phi) is 3.99. The first-order chi connectivity index (χ1) is 13.9. The SMILES string of the molecule is O=C(O)N1C[C@@H]2C[C@H]1CN2c1cccc2cc(S(=O)(=O)c3ccccc3)cnc12. The quantitative estimate of drug-likeness (QED) is 0.715. The highest BCUT2D eigenvalue weighted by molar-refractivity contribution is 7.91. The van der Waals surface area contributed by atoms with Gasteiger partial charge in [-0.1, -0.05) is 30.3 Å². The zero-order valence-corrected chi connectivity index (χ0v) is 16.3. The van der Waals surface area contributed by atoms with E-state index < -0.39 is 15.9 Å². The molecule has 2 aromatic carbocycles. The lowest BCUT2D eigenvalue weighted by atomic mass is 10.1. The number of anilines is 1. The third-order valence-corrected chi connectivity index (χ3v) is 7.56. The van der Waals surface area contributed by atoms with Gasteiger partial charge in [0.1, 0.15) is 0 Å². The van der Waals surface area contributed by atoms with Crippen molar-refractivity contribution in [3.8, 4) is 0 Å². The average Bonchev–Trinajstić information content (AvgIpc) is 3.34. The molecule has 1 amide bonds. The molecule has 3 aromatic rings. The van der Waals surface area contributed by atoms with Crippen LogP contribution in [-0.2, 0) is 9.84 Å². The largest absolute Gasteiger partial charge is 0.465 e. The van der Waals surface area contributed by atoms with E-state index in [4.69, 9.17) is 0 Å². The summed E-state index contributed by atoms with van der Waals surface area (Å²) in [7, 11) is -3.64. The molecule has 2 aliphatic rings. The van der Waals surface area contributed by atoms with E-state index in [9.17, 15) is 18.3 Å². The number of hydrogen-bond acceptors (Lipinski definition) is 5. The lowest BCUT2D eigenvalue weighted by Gasteiger charge is -2.34. The Balaban J connectivity index is 1.52. The highest BCUT2D eigenvalue weighted by Crippen LogP contribution is 2.37. The third kappa shape index (κ3) is 2.82. The number of pyridine rings is 1. The van der Waals surface area contributed by atoms with E-state index in [0.29, 0.717) is 13.1 Å². The van der Waals surface area contributed by atoms with Crippen molar-refractivity contribution >= 4 is 32.5 Å². The number of rotatable bonds is 3. The number of amides is 1. The number of benzene rings is 2. The van der Waals surface area contributed by atoms with Crippen molar-refractivity contribution in [3.05, 3.63) is 60.8 Å². The summed E-state index contributed by atoms with van der Waals surface area (Å²) in [6.45, 7) is 1.11. The van der Waals surface area contributed by atoms with Crippen LogP contribution in [0.15, 0.2) is 70.6 Å². The van der Waals surface area contributed by atoms with Crippen LogP contribution in [0.1, 0.15) is 6.42 Å². The number of aromatic nitrogens is 1. The Hall–Kier alpha value is -3.13. The fraction of sp³-hybridized carbons (Fsp3) is 0.238. The maximum atomic E-state index is 12.9. The maximum Gasteiger partial charge on any atom is 0.407 e. The van der Waals surface area contributed by atoms with E-state index in [0.717, 1.165) is 23.0 Å². The number of sulfone groups is 1. The van der Waals surface area contributed by atoms with E-state index in [2.05, 4.69) is 9.88 Å². The van der Waals surface area contributed by atoms with Crippen molar-refractivity contribution in [3.63, 3.8) is 0 Å². The van der Waals surface area contributed by atoms with Crippen molar-refractivity contribution in [1.82, 2.24) is 9.88 Å². The Morgan fingerprint density at radius 2 is 1.79 bits per heavy atom. The molecule has 2 bridgehead atoms. The third-order valence-electron chi connectivity index (χ3n) is 5.82. The molecule has 0 spiro atoms. The Morgan fingerprint density at radius 3 is 2.48 bits per heavy atom. The monoisotopic (exact) mass is 409 g/mol. The highest BCUT2D eigenvalue weighted by Gasteiger charge is 2.45. The fourth-order valence-electron chi connectivity index (χ4n) is 4.44. The molecule has 2 fully saturated rings. The van der Waals surface area contributed by atoms with Gasteiger partial charge in [0.05, 0.1) is 27.0 Å². The lowest BCUT2D eigenvalue weighted by molar-refractivity contribution is 0.137. The van der Waals surface area contributed by atoms with Crippen LogP contribution < -0.4 is 4.90 Å². The summed E-state index contributed by atoms with van der Waals surface area (Å²) < 4.78 is 25.8. The van der Waals surface area contributed by atoms with Crippen LogP contribution >= 0.6 is 0 Å². The van der Waals surface area contributed by atoms with Crippen LogP contribution in [0, 0.1) is 0 Å². The minimum Gasteiger partial charge on any atom is -0.465 e. The number of nitrogens with zero attached hydrogens (tertiary/aromatic N) is 3. The van der Waals surface area contributed by atoms with Gasteiger partial charge in [-0.15, -0.1) is 0 Å². The van der Waals surface area contributed by atoms with Gasteiger partial charge >= 0.3 is 6.09 Å². The van der Waals surface area contributed by atoms with Crippen molar-refractivity contribution < 1.29 is 18.3 Å². The van der Waals surface area contributed by atoms with Gasteiger partial charge in [0.15, 0.2) is 0 Å². The first kappa shape index (κ1) is 17.9. The minimum absolute atomic E-state index is 0.00881. The highest BCUT2D eigenvalue weighted by atomic mass is 32.2. The normalized spacial score (nSPS) is 21.1. The summed E-state index contributed by atoms with van der Waals surface area (Å²) >= 11 is 0. The average molecular weight is 409 g/mol. The molecule has 2 saturated heterocycles. The number of para-hydroxylation sites is 1. The van der Waals surface area contributed by atoms with Crippen molar-refractivity contribution in [2.24, 2.45) is 0 Å². The summed E-state index contributed by atoms with van der Waals surface area (Å²) in [4.78, 5) is 19.9. The molecule has 5 rings (SSSR count).